The third-order valence-corrected chi connectivity index (χ3v) is 9.88. The molecule has 10 nitrogen and oxygen atoms in total. The van der Waals surface area contributed by atoms with Gasteiger partial charge in [-0.05, 0) is 74.9 Å². The first-order valence-electron chi connectivity index (χ1n) is 13.6. The Morgan fingerprint density at radius 3 is 2.41 bits per heavy atom. The Morgan fingerprint density at radius 1 is 1.07 bits per heavy atom. The summed E-state index contributed by atoms with van der Waals surface area (Å²) in [5.74, 6) is 0.872. The molecule has 3 aromatic rings. The normalized spacial score (nSPS) is 17.0. The Hall–Kier alpha value is -3.83. The van der Waals surface area contributed by atoms with E-state index in [4.69, 9.17) is 9.52 Å². The van der Waals surface area contributed by atoms with E-state index in [1.165, 1.54) is 9.21 Å². The zero-order valence-corrected chi connectivity index (χ0v) is 24.8. The minimum absolute atomic E-state index is 0.0446. The summed E-state index contributed by atoms with van der Waals surface area (Å²) in [6, 6.07) is 13.1. The van der Waals surface area contributed by atoms with Crippen LogP contribution in [0.15, 0.2) is 52.0 Å². The van der Waals surface area contributed by atoms with Gasteiger partial charge in [0.05, 0.1) is 11.4 Å². The highest BCUT2D eigenvalue weighted by Gasteiger charge is 2.47. The number of hydrogen-bond donors (Lipinski definition) is 1. The van der Waals surface area contributed by atoms with Gasteiger partial charge in [0.25, 0.3) is 11.8 Å². The molecule has 0 unspecified atom stereocenters. The van der Waals surface area contributed by atoms with E-state index in [1.54, 1.807) is 26.2 Å². The monoisotopic (exact) mass is 577 g/mol. The molecule has 0 atom stereocenters. The van der Waals surface area contributed by atoms with Crippen molar-refractivity contribution in [2.75, 3.05) is 32.9 Å². The van der Waals surface area contributed by atoms with Crippen molar-refractivity contribution in [3.8, 4) is 11.1 Å². The number of carbonyl (C=O) groups is 2. The minimum Gasteiger partial charge on any atom is -0.361 e. The van der Waals surface area contributed by atoms with Gasteiger partial charge in [-0.3, -0.25) is 14.6 Å². The van der Waals surface area contributed by atoms with E-state index in [1.807, 2.05) is 51.1 Å². The van der Waals surface area contributed by atoms with Gasteiger partial charge in [0, 0.05) is 43.9 Å². The lowest BCUT2D eigenvalue weighted by atomic mass is 9.89. The summed E-state index contributed by atoms with van der Waals surface area (Å²) < 4.78 is 33.2. The van der Waals surface area contributed by atoms with Crippen LogP contribution in [0.5, 0.6) is 0 Å². The number of benzene rings is 2. The van der Waals surface area contributed by atoms with Gasteiger partial charge in [-0.2, -0.15) is 0 Å². The summed E-state index contributed by atoms with van der Waals surface area (Å²) >= 11 is 0. The summed E-state index contributed by atoms with van der Waals surface area (Å²) in [5, 5.41) is 6.97. The first-order chi connectivity index (χ1) is 19.4. The Balaban J connectivity index is 1.26. The predicted octanol–water partition coefficient (Wildman–Crippen LogP) is 3.25. The average Bonchev–Trinajstić information content (AvgIpc) is 3.45. The number of aryl methyl sites for hydroxylation is 4. The van der Waals surface area contributed by atoms with Crippen LogP contribution < -0.4 is 5.32 Å². The van der Waals surface area contributed by atoms with E-state index in [0.717, 1.165) is 33.5 Å². The van der Waals surface area contributed by atoms with E-state index in [9.17, 15) is 18.0 Å². The van der Waals surface area contributed by atoms with Gasteiger partial charge in [0.2, 0.25) is 10.0 Å². The van der Waals surface area contributed by atoms with Crippen molar-refractivity contribution in [1.82, 2.24) is 19.7 Å². The van der Waals surface area contributed by atoms with Gasteiger partial charge < -0.3 is 14.7 Å². The van der Waals surface area contributed by atoms with Crippen LogP contribution in [0.3, 0.4) is 0 Å². The molecule has 1 fully saturated rings. The van der Waals surface area contributed by atoms with Crippen LogP contribution >= 0.6 is 0 Å². The average molecular weight is 578 g/mol. The van der Waals surface area contributed by atoms with Gasteiger partial charge in [-0.1, -0.05) is 29.4 Å². The quantitative estimate of drug-likeness (QED) is 0.460. The molecule has 1 spiro atoms. The first-order valence-corrected chi connectivity index (χ1v) is 15.3. The molecule has 0 bridgehead atoms. The van der Waals surface area contributed by atoms with E-state index in [0.29, 0.717) is 36.4 Å². The van der Waals surface area contributed by atoms with E-state index in [-0.39, 0.29) is 30.7 Å². The Morgan fingerprint density at radius 2 is 1.78 bits per heavy atom. The van der Waals surface area contributed by atoms with Gasteiger partial charge >= 0.3 is 0 Å². The van der Waals surface area contributed by atoms with E-state index < -0.39 is 15.6 Å². The number of rotatable bonds is 7. The topological polar surface area (TPSA) is 125 Å². The van der Waals surface area contributed by atoms with Crippen LogP contribution in [0.2, 0.25) is 0 Å². The molecule has 1 N–H and O–H groups in total. The highest BCUT2D eigenvalue weighted by molar-refractivity contribution is 7.89. The van der Waals surface area contributed by atoms with Crippen molar-refractivity contribution in [2.45, 2.75) is 45.6 Å². The number of amides is 2. The Kier molecular flexibility index (Phi) is 7.60. The van der Waals surface area contributed by atoms with Crippen molar-refractivity contribution in [3.05, 3.63) is 76.2 Å². The fourth-order valence-corrected chi connectivity index (χ4v) is 7.05. The molecule has 5 rings (SSSR count). The molecule has 1 aromatic heterocycles. The number of carbonyl (C=O) groups excluding carboxylic acids is 2. The summed E-state index contributed by atoms with van der Waals surface area (Å²) in [5.41, 5.74) is 4.76. The lowest BCUT2D eigenvalue weighted by molar-refractivity contribution is -0.124. The Bertz CT molecular complexity index is 1630. The van der Waals surface area contributed by atoms with Crippen molar-refractivity contribution < 1.29 is 22.5 Å². The molecule has 2 aliphatic rings. The number of aliphatic imine (C=N–C) groups is 1. The van der Waals surface area contributed by atoms with Gasteiger partial charge in [-0.25, -0.2) is 12.7 Å². The fourth-order valence-electron chi connectivity index (χ4n) is 5.58. The number of nitrogens with zero attached hydrogens (tertiary/aromatic N) is 4. The van der Waals surface area contributed by atoms with Crippen molar-refractivity contribution in [2.24, 2.45) is 4.99 Å². The van der Waals surface area contributed by atoms with Gasteiger partial charge in [0.1, 0.15) is 17.1 Å². The number of piperidine rings is 1. The summed E-state index contributed by atoms with van der Waals surface area (Å²) in [6.07, 6.45) is 0.966. The number of nitrogens with one attached hydrogen (secondary N) is 1. The second kappa shape index (κ2) is 10.9. The molecule has 1 saturated heterocycles. The van der Waals surface area contributed by atoms with Crippen LogP contribution in [0.25, 0.3) is 11.1 Å². The first kappa shape index (κ1) is 28.7. The Labute approximate surface area is 240 Å². The van der Waals surface area contributed by atoms with Crippen LogP contribution in [-0.4, -0.2) is 78.9 Å². The molecular formula is C30H35N5O5S. The summed E-state index contributed by atoms with van der Waals surface area (Å²) in [4.78, 5) is 31.7. The minimum atomic E-state index is -3.54. The lowest BCUT2D eigenvalue weighted by Gasteiger charge is -2.34. The van der Waals surface area contributed by atoms with E-state index in [2.05, 4.69) is 10.5 Å². The molecule has 216 valence electrons. The van der Waals surface area contributed by atoms with Gasteiger partial charge in [0.15, 0.2) is 0 Å². The molecule has 2 aliphatic heterocycles. The molecule has 0 aliphatic carbocycles. The summed E-state index contributed by atoms with van der Waals surface area (Å²) in [7, 11) is -0.150. The maximum atomic E-state index is 13.2. The zero-order valence-electron chi connectivity index (χ0n) is 24.0. The van der Waals surface area contributed by atoms with Crippen molar-refractivity contribution in [3.63, 3.8) is 0 Å². The van der Waals surface area contributed by atoms with Crippen molar-refractivity contribution in [1.29, 1.82) is 0 Å². The molecule has 0 radical (unpaired) electrons. The van der Waals surface area contributed by atoms with Crippen LogP contribution in [-0.2, 0) is 21.2 Å². The largest absolute Gasteiger partial charge is 0.361 e. The SMILES string of the molecule is Cc1cc(C(=O)N(C)C)ccc1CCS(=O)(=O)N1CCC2(CC1)N=C(c1cccc(-c3c(C)noc3C)c1)NC2=O. The van der Waals surface area contributed by atoms with Crippen LogP contribution in [0.1, 0.15) is 51.3 Å². The second-order valence-corrected chi connectivity index (χ2v) is 13.1. The van der Waals surface area contributed by atoms with Crippen LogP contribution in [0, 0.1) is 20.8 Å². The fraction of sp³-hybridized carbons (Fsp3) is 0.400. The smallest absolute Gasteiger partial charge is 0.253 e. The highest BCUT2D eigenvalue weighted by Crippen LogP contribution is 2.33. The molecular weight excluding hydrogens is 542 g/mol. The van der Waals surface area contributed by atoms with Crippen molar-refractivity contribution >= 4 is 27.7 Å². The maximum Gasteiger partial charge on any atom is 0.253 e. The maximum absolute atomic E-state index is 13.2. The molecule has 2 aromatic carbocycles. The number of hydrogen-bond acceptors (Lipinski definition) is 7. The predicted molar refractivity (Wildman–Crippen MR) is 156 cm³/mol. The third-order valence-electron chi connectivity index (χ3n) is 8.01. The number of amidine groups is 1. The molecule has 41 heavy (non-hydrogen) atoms. The zero-order chi connectivity index (χ0) is 29.5. The molecule has 3 heterocycles. The highest BCUT2D eigenvalue weighted by atomic mass is 32.2. The second-order valence-electron chi connectivity index (χ2n) is 11.0. The third kappa shape index (κ3) is 5.56. The summed E-state index contributed by atoms with van der Waals surface area (Å²) in [6.45, 7) is 6.08. The number of sulfonamides is 1. The lowest BCUT2D eigenvalue weighted by Crippen LogP contribution is -2.50. The van der Waals surface area contributed by atoms with Crippen LogP contribution in [0.4, 0.5) is 0 Å². The number of aromatic nitrogens is 1. The molecule has 11 heteroatoms. The standard InChI is InChI=1S/C30H35N5O5S/c1-19-17-25(28(36)34(4)5)10-9-22(19)11-16-41(38,39)35-14-12-30(13-15-35)29(37)31-27(32-30)24-8-6-7-23(18-24)26-20(2)33-40-21(26)3/h6-10,17-18H,11-16H2,1-5H3,(H,31,32,37). The van der Waals surface area contributed by atoms with E-state index >= 15 is 0 Å². The molecule has 2 amide bonds. The molecule has 0 saturated carbocycles. The van der Waals surface area contributed by atoms with Gasteiger partial charge in [-0.15, -0.1) is 0 Å².